The molecule has 0 bridgehead atoms. The molecule has 3 aromatic carbocycles. The number of Topliss-reactive ketones (excluding diaryl/α,β-unsaturated/α-hetero) is 1. The highest BCUT2D eigenvalue weighted by Crippen LogP contribution is 2.54. The minimum absolute atomic E-state index is 0.0871. The van der Waals surface area contributed by atoms with E-state index >= 15 is 0 Å². The lowest BCUT2D eigenvalue weighted by atomic mass is 9.83. The molecule has 0 aliphatic carbocycles. The lowest BCUT2D eigenvalue weighted by Crippen LogP contribution is -2.44. The van der Waals surface area contributed by atoms with Gasteiger partial charge in [0.2, 0.25) is 18.6 Å². The van der Waals surface area contributed by atoms with E-state index in [-0.39, 0.29) is 18.5 Å². The fourth-order valence-corrected chi connectivity index (χ4v) is 6.05. The Balaban J connectivity index is 1.36. The summed E-state index contributed by atoms with van der Waals surface area (Å²) in [7, 11) is 0. The number of fused-ring (bicyclic) bond motifs is 6. The van der Waals surface area contributed by atoms with Gasteiger partial charge in [-0.2, -0.15) is 0 Å². The molecule has 36 heavy (non-hydrogen) atoms. The third-order valence-corrected chi connectivity index (χ3v) is 7.73. The molecule has 4 unspecified atom stereocenters. The van der Waals surface area contributed by atoms with E-state index < -0.39 is 29.8 Å². The van der Waals surface area contributed by atoms with E-state index in [2.05, 4.69) is 0 Å². The number of amides is 2. The Morgan fingerprint density at radius 3 is 2.47 bits per heavy atom. The average Bonchev–Trinajstić information content (AvgIpc) is 3.57. The molecule has 178 valence electrons. The van der Waals surface area contributed by atoms with Gasteiger partial charge in [0.25, 0.3) is 0 Å². The van der Waals surface area contributed by atoms with Crippen molar-refractivity contribution in [2.75, 3.05) is 11.7 Å². The van der Waals surface area contributed by atoms with Crippen molar-refractivity contribution >= 4 is 41.0 Å². The molecule has 4 heterocycles. The number of imide groups is 1. The number of hydrogen-bond acceptors (Lipinski definition) is 6. The number of carbonyl (C=O) groups excluding carboxylic acids is 3. The highest BCUT2D eigenvalue weighted by molar-refractivity contribution is 6.30. The second-order valence-corrected chi connectivity index (χ2v) is 9.69. The second kappa shape index (κ2) is 7.70. The Labute approximate surface area is 211 Å². The summed E-state index contributed by atoms with van der Waals surface area (Å²) >= 11 is 6.04. The van der Waals surface area contributed by atoms with Gasteiger partial charge in [-0.1, -0.05) is 35.9 Å². The number of halogens is 1. The van der Waals surface area contributed by atoms with Gasteiger partial charge in [0, 0.05) is 22.9 Å². The molecule has 4 atom stereocenters. The first-order valence-electron chi connectivity index (χ1n) is 11.6. The number of hydrogen-bond donors (Lipinski definition) is 0. The molecule has 2 saturated heterocycles. The summed E-state index contributed by atoms with van der Waals surface area (Å²) in [5.74, 6) is -1.45. The zero-order chi connectivity index (χ0) is 24.6. The molecule has 7 rings (SSSR count). The predicted molar refractivity (Wildman–Crippen MR) is 132 cm³/mol. The van der Waals surface area contributed by atoms with Crippen molar-refractivity contribution in [2.45, 2.75) is 12.1 Å². The van der Waals surface area contributed by atoms with Gasteiger partial charge in [-0.05, 0) is 53.6 Å². The Morgan fingerprint density at radius 2 is 1.64 bits per heavy atom. The van der Waals surface area contributed by atoms with E-state index in [1.807, 2.05) is 41.4 Å². The number of nitrogens with zero attached hydrogens (tertiary/aromatic N) is 2. The summed E-state index contributed by atoms with van der Waals surface area (Å²) in [6, 6.07) is 18.1. The Morgan fingerprint density at radius 1 is 0.889 bits per heavy atom. The summed E-state index contributed by atoms with van der Waals surface area (Å²) in [5.41, 5.74) is 2.75. The van der Waals surface area contributed by atoms with Crippen LogP contribution in [0, 0.1) is 11.8 Å². The highest BCUT2D eigenvalue weighted by Gasteiger charge is 2.64. The standard InChI is InChI=1S/C28H19ClN2O5/c29-17-7-5-16(6-8-17)26(32)25-23-22(24-19-4-2-1-3-15(19)11-12-30(24)25)27(33)31(28(23)34)18-9-10-20-21(13-18)36-14-35-20/h1-13,22-25H,14H2. The highest BCUT2D eigenvalue weighted by atomic mass is 35.5. The van der Waals surface area contributed by atoms with Crippen molar-refractivity contribution in [1.82, 2.24) is 4.90 Å². The van der Waals surface area contributed by atoms with Crippen molar-refractivity contribution in [3.05, 3.63) is 94.6 Å². The lowest BCUT2D eigenvalue weighted by Gasteiger charge is -2.35. The molecule has 7 nitrogen and oxygen atoms in total. The smallest absolute Gasteiger partial charge is 0.240 e. The normalized spacial score (nSPS) is 25.1. The number of carbonyl (C=O) groups is 3. The van der Waals surface area contributed by atoms with Gasteiger partial charge in [0.05, 0.1) is 23.6 Å². The molecule has 2 fully saturated rings. The first kappa shape index (κ1) is 21.2. The third-order valence-electron chi connectivity index (χ3n) is 7.47. The molecule has 0 saturated carbocycles. The molecule has 0 spiro atoms. The van der Waals surface area contributed by atoms with Gasteiger partial charge in [0.1, 0.15) is 6.04 Å². The van der Waals surface area contributed by atoms with Crippen LogP contribution in [0.4, 0.5) is 5.69 Å². The van der Waals surface area contributed by atoms with Crippen molar-refractivity contribution in [2.24, 2.45) is 11.8 Å². The molecular weight excluding hydrogens is 480 g/mol. The molecule has 0 radical (unpaired) electrons. The maximum atomic E-state index is 14.0. The van der Waals surface area contributed by atoms with Crippen LogP contribution in [0.5, 0.6) is 11.5 Å². The van der Waals surface area contributed by atoms with Gasteiger partial charge in [-0.15, -0.1) is 0 Å². The number of rotatable bonds is 3. The second-order valence-electron chi connectivity index (χ2n) is 9.25. The summed E-state index contributed by atoms with van der Waals surface area (Å²) in [6.07, 6.45) is 3.77. The van der Waals surface area contributed by atoms with Crippen LogP contribution in [0.2, 0.25) is 5.02 Å². The molecule has 0 aromatic heterocycles. The van der Waals surface area contributed by atoms with Crippen LogP contribution < -0.4 is 14.4 Å². The predicted octanol–water partition coefficient (Wildman–Crippen LogP) is 4.47. The van der Waals surface area contributed by atoms with Crippen molar-refractivity contribution in [1.29, 1.82) is 0 Å². The van der Waals surface area contributed by atoms with Crippen LogP contribution in [-0.4, -0.2) is 35.3 Å². The Hall–Kier alpha value is -4.10. The number of anilines is 1. The zero-order valence-electron chi connectivity index (χ0n) is 18.8. The van der Waals surface area contributed by atoms with Crippen LogP contribution in [0.25, 0.3) is 6.08 Å². The molecule has 3 aromatic rings. The molecule has 4 aliphatic heterocycles. The number of ether oxygens (including phenoxy) is 2. The van der Waals surface area contributed by atoms with Gasteiger partial charge in [-0.25, -0.2) is 4.90 Å². The van der Waals surface area contributed by atoms with E-state index in [4.69, 9.17) is 21.1 Å². The van der Waals surface area contributed by atoms with Crippen molar-refractivity contribution < 1.29 is 23.9 Å². The summed E-state index contributed by atoms with van der Waals surface area (Å²) in [5, 5.41) is 0.515. The van der Waals surface area contributed by atoms with E-state index in [0.29, 0.717) is 27.8 Å². The monoisotopic (exact) mass is 498 g/mol. The maximum absolute atomic E-state index is 14.0. The van der Waals surface area contributed by atoms with Crippen LogP contribution in [0.15, 0.2) is 72.9 Å². The Bertz CT molecular complexity index is 1480. The zero-order valence-corrected chi connectivity index (χ0v) is 19.6. The van der Waals surface area contributed by atoms with Gasteiger partial charge >= 0.3 is 0 Å². The fourth-order valence-electron chi connectivity index (χ4n) is 5.92. The topological polar surface area (TPSA) is 76.1 Å². The van der Waals surface area contributed by atoms with Gasteiger partial charge < -0.3 is 14.4 Å². The summed E-state index contributed by atoms with van der Waals surface area (Å²) in [4.78, 5) is 44.9. The van der Waals surface area contributed by atoms with Crippen molar-refractivity contribution in [3.63, 3.8) is 0 Å². The molecule has 4 aliphatic rings. The lowest BCUT2D eigenvalue weighted by molar-refractivity contribution is -0.123. The third kappa shape index (κ3) is 2.89. The van der Waals surface area contributed by atoms with Crippen LogP contribution >= 0.6 is 11.6 Å². The van der Waals surface area contributed by atoms with Crippen LogP contribution in [0.3, 0.4) is 0 Å². The van der Waals surface area contributed by atoms with E-state index in [1.54, 1.807) is 42.5 Å². The largest absolute Gasteiger partial charge is 0.454 e. The van der Waals surface area contributed by atoms with E-state index in [9.17, 15) is 14.4 Å². The first-order chi connectivity index (χ1) is 17.5. The molecule has 8 heteroatoms. The Kier molecular flexibility index (Phi) is 4.53. The van der Waals surface area contributed by atoms with E-state index in [1.165, 1.54) is 4.90 Å². The van der Waals surface area contributed by atoms with E-state index in [0.717, 1.165) is 11.1 Å². The molecule has 0 N–H and O–H groups in total. The summed E-state index contributed by atoms with van der Waals surface area (Å²) in [6.45, 7) is 0.0871. The number of benzene rings is 3. The summed E-state index contributed by atoms with van der Waals surface area (Å²) < 4.78 is 10.8. The first-order valence-corrected chi connectivity index (χ1v) is 12.0. The van der Waals surface area contributed by atoms with Crippen LogP contribution in [0.1, 0.15) is 27.5 Å². The quantitative estimate of drug-likeness (QED) is 0.392. The number of ketones is 1. The maximum Gasteiger partial charge on any atom is 0.240 e. The van der Waals surface area contributed by atoms with Crippen LogP contribution in [-0.2, 0) is 9.59 Å². The van der Waals surface area contributed by atoms with Gasteiger partial charge in [-0.3, -0.25) is 14.4 Å². The molecule has 2 amide bonds. The van der Waals surface area contributed by atoms with Crippen molar-refractivity contribution in [3.8, 4) is 11.5 Å². The fraction of sp³-hybridized carbons (Fsp3) is 0.179. The molecular formula is C28H19ClN2O5. The minimum atomic E-state index is -0.841. The van der Waals surface area contributed by atoms with Gasteiger partial charge in [0.15, 0.2) is 17.3 Å². The minimum Gasteiger partial charge on any atom is -0.454 e. The SMILES string of the molecule is O=C(c1ccc(Cl)cc1)C1C2C(=O)N(c3ccc4c(c3)OCO4)C(=O)C2C2c3ccccc3C=CN12. The average molecular weight is 499 g/mol.